The molecule has 3 aliphatic rings. The van der Waals surface area contributed by atoms with E-state index >= 15 is 0 Å². The van der Waals surface area contributed by atoms with Crippen molar-refractivity contribution >= 4 is 33.4 Å². The Hall–Kier alpha value is -1.66. The Labute approximate surface area is 162 Å². The molecule has 0 aliphatic heterocycles. The number of halogens is 1. The summed E-state index contributed by atoms with van der Waals surface area (Å²) in [5.41, 5.74) is 0.927. The fraction of sp³-hybridized carbons (Fsp3) is 0.500. The third-order valence-electron chi connectivity index (χ3n) is 6.23. The first-order valence-electron chi connectivity index (χ1n) is 9.24. The molecule has 138 valence electrons. The minimum Gasteiger partial charge on any atom is -0.355 e. The van der Waals surface area contributed by atoms with E-state index in [1.54, 1.807) is 0 Å². The lowest BCUT2D eigenvalue weighted by atomic mass is 9.81. The fourth-order valence-electron chi connectivity index (χ4n) is 4.90. The van der Waals surface area contributed by atoms with Gasteiger partial charge < -0.3 is 16.0 Å². The van der Waals surface area contributed by atoms with Gasteiger partial charge in [-0.2, -0.15) is 0 Å². The van der Waals surface area contributed by atoms with E-state index in [2.05, 4.69) is 44.0 Å². The summed E-state index contributed by atoms with van der Waals surface area (Å²) in [7, 11) is 1.86. The lowest BCUT2D eigenvalue weighted by Gasteiger charge is -2.26. The third-order valence-corrected chi connectivity index (χ3v) is 6.76. The van der Waals surface area contributed by atoms with Crippen molar-refractivity contribution in [3.05, 3.63) is 40.9 Å². The van der Waals surface area contributed by atoms with Crippen molar-refractivity contribution in [1.82, 2.24) is 10.6 Å². The molecule has 2 bridgehead atoms. The maximum Gasteiger partial charge on any atom is 0.228 e. The molecule has 0 heterocycles. The highest BCUT2D eigenvalue weighted by atomic mass is 79.9. The minimum absolute atomic E-state index is 0.0133. The molecule has 3 aliphatic carbocycles. The molecule has 2 saturated carbocycles. The zero-order valence-corrected chi connectivity index (χ0v) is 16.4. The SMILES string of the molecule is CNCCNC(=O)[C@H]1[C@H](C(=O)Nc2ccc(Br)cc2)[C@@H]2C=C[C@H]1C21CC1. The number of allylic oxidation sites excluding steroid dienone is 2. The number of likely N-dealkylation sites (N-methyl/N-ethyl adjacent to an activating group) is 1. The van der Waals surface area contributed by atoms with Crippen molar-refractivity contribution in [3.8, 4) is 0 Å². The molecule has 5 nitrogen and oxygen atoms in total. The Balaban J connectivity index is 1.54. The summed E-state index contributed by atoms with van der Waals surface area (Å²) < 4.78 is 0.970. The summed E-state index contributed by atoms with van der Waals surface area (Å²) in [5, 5.41) is 9.07. The molecule has 0 aromatic heterocycles. The monoisotopic (exact) mass is 417 g/mol. The van der Waals surface area contributed by atoms with Gasteiger partial charge in [0.05, 0.1) is 11.8 Å². The zero-order chi connectivity index (χ0) is 18.3. The normalized spacial score (nSPS) is 29.8. The van der Waals surface area contributed by atoms with Gasteiger partial charge in [0.1, 0.15) is 0 Å². The van der Waals surface area contributed by atoms with Gasteiger partial charge >= 0.3 is 0 Å². The van der Waals surface area contributed by atoms with E-state index in [9.17, 15) is 9.59 Å². The number of rotatable bonds is 6. The number of amides is 2. The Kier molecular flexibility index (Phi) is 4.65. The van der Waals surface area contributed by atoms with Crippen LogP contribution in [0, 0.1) is 29.1 Å². The predicted molar refractivity (Wildman–Crippen MR) is 104 cm³/mol. The highest BCUT2D eigenvalue weighted by molar-refractivity contribution is 9.10. The molecule has 3 N–H and O–H groups in total. The van der Waals surface area contributed by atoms with Crippen molar-refractivity contribution in [2.45, 2.75) is 12.8 Å². The first-order valence-corrected chi connectivity index (χ1v) is 10.0. The van der Waals surface area contributed by atoms with Gasteiger partial charge in [0.15, 0.2) is 0 Å². The van der Waals surface area contributed by atoms with E-state index in [1.165, 1.54) is 0 Å². The molecule has 0 unspecified atom stereocenters. The summed E-state index contributed by atoms with van der Waals surface area (Å²) in [6.45, 7) is 1.31. The van der Waals surface area contributed by atoms with Crippen LogP contribution in [-0.4, -0.2) is 32.0 Å². The number of benzene rings is 1. The molecule has 2 fully saturated rings. The van der Waals surface area contributed by atoms with E-state index < -0.39 is 0 Å². The summed E-state index contributed by atoms with van der Waals surface area (Å²) >= 11 is 3.41. The average molecular weight is 418 g/mol. The summed E-state index contributed by atoms with van der Waals surface area (Å²) in [6, 6.07) is 7.56. The number of hydrogen-bond donors (Lipinski definition) is 3. The number of carbonyl (C=O) groups excluding carboxylic acids is 2. The number of nitrogens with one attached hydrogen (secondary N) is 3. The van der Waals surface area contributed by atoms with Gasteiger partial charge in [0.2, 0.25) is 11.8 Å². The number of anilines is 1. The summed E-state index contributed by atoms with van der Waals surface area (Å²) in [5.74, 6) is -0.195. The topological polar surface area (TPSA) is 70.2 Å². The molecular weight excluding hydrogens is 394 g/mol. The molecule has 6 heteroatoms. The first-order chi connectivity index (χ1) is 12.6. The molecule has 1 aromatic carbocycles. The molecule has 4 atom stereocenters. The molecule has 2 amide bonds. The highest BCUT2D eigenvalue weighted by Gasteiger charge is 2.69. The van der Waals surface area contributed by atoms with Crippen LogP contribution >= 0.6 is 15.9 Å². The van der Waals surface area contributed by atoms with Crippen LogP contribution in [0.1, 0.15) is 12.8 Å². The van der Waals surface area contributed by atoms with Crippen LogP contribution in [0.3, 0.4) is 0 Å². The van der Waals surface area contributed by atoms with Gasteiger partial charge in [-0.25, -0.2) is 0 Å². The van der Waals surface area contributed by atoms with E-state index in [0.717, 1.165) is 29.5 Å². The van der Waals surface area contributed by atoms with Gasteiger partial charge in [-0.15, -0.1) is 0 Å². The zero-order valence-electron chi connectivity index (χ0n) is 14.8. The van der Waals surface area contributed by atoms with Crippen LogP contribution in [0.25, 0.3) is 0 Å². The Bertz CT molecular complexity index is 742. The lowest BCUT2D eigenvalue weighted by Crippen LogP contribution is -2.43. The van der Waals surface area contributed by atoms with Crippen LogP contribution < -0.4 is 16.0 Å². The average Bonchev–Trinajstić information content (AvgIpc) is 3.30. The number of carbonyl (C=O) groups is 2. The second-order valence-corrected chi connectivity index (χ2v) is 8.53. The molecule has 1 aromatic rings. The standard InChI is InChI=1S/C20H24BrN3O2/c1-22-10-11-23-18(25)16-14-6-7-15(20(14)8-9-20)17(16)19(26)24-13-4-2-12(21)3-5-13/h2-7,14-17,22H,8-11H2,1H3,(H,23,25)(H,24,26)/t14-,15+,16-,17-/m1/s1. The van der Waals surface area contributed by atoms with Gasteiger partial charge in [-0.3, -0.25) is 9.59 Å². The van der Waals surface area contributed by atoms with Gasteiger partial charge in [0, 0.05) is 23.2 Å². The molecule has 0 saturated heterocycles. The maximum atomic E-state index is 13.1. The van der Waals surface area contributed by atoms with E-state index in [4.69, 9.17) is 0 Å². The second-order valence-electron chi connectivity index (χ2n) is 7.61. The molecule has 26 heavy (non-hydrogen) atoms. The largest absolute Gasteiger partial charge is 0.355 e. The molecule has 4 rings (SSSR count). The lowest BCUT2D eigenvalue weighted by molar-refractivity contribution is -0.132. The summed E-state index contributed by atoms with van der Waals surface area (Å²) in [6.07, 6.45) is 6.61. The van der Waals surface area contributed by atoms with Crippen LogP contribution in [0.5, 0.6) is 0 Å². The van der Waals surface area contributed by atoms with Gasteiger partial charge in [0.25, 0.3) is 0 Å². The van der Waals surface area contributed by atoms with Crippen molar-refractivity contribution in [3.63, 3.8) is 0 Å². The Morgan fingerprint density at radius 3 is 2.23 bits per heavy atom. The molecule has 1 spiro atoms. The predicted octanol–water partition coefficient (Wildman–Crippen LogP) is 2.55. The fourth-order valence-corrected chi connectivity index (χ4v) is 5.16. The van der Waals surface area contributed by atoms with E-state index in [0.29, 0.717) is 6.54 Å². The van der Waals surface area contributed by atoms with E-state index in [1.807, 2.05) is 31.3 Å². The smallest absolute Gasteiger partial charge is 0.228 e. The second kappa shape index (κ2) is 6.82. The van der Waals surface area contributed by atoms with Crippen LogP contribution in [0.2, 0.25) is 0 Å². The highest BCUT2D eigenvalue weighted by Crippen LogP contribution is 2.72. The van der Waals surface area contributed by atoms with Gasteiger partial charge in [-0.1, -0.05) is 28.1 Å². The van der Waals surface area contributed by atoms with Gasteiger partial charge in [-0.05, 0) is 61.4 Å². The minimum atomic E-state index is -0.286. The Morgan fingerprint density at radius 2 is 1.65 bits per heavy atom. The first kappa shape index (κ1) is 17.7. The maximum absolute atomic E-state index is 13.1. The molecular formula is C20H24BrN3O2. The van der Waals surface area contributed by atoms with Crippen molar-refractivity contribution in [2.24, 2.45) is 29.1 Å². The molecule has 0 radical (unpaired) electrons. The van der Waals surface area contributed by atoms with Crippen molar-refractivity contribution in [2.75, 3.05) is 25.5 Å². The third kappa shape index (κ3) is 2.89. The van der Waals surface area contributed by atoms with Crippen LogP contribution in [0.4, 0.5) is 5.69 Å². The van der Waals surface area contributed by atoms with Crippen molar-refractivity contribution in [1.29, 1.82) is 0 Å². The Morgan fingerprint density at radius 1 is 1.04 bits per heavy atom. The van der Waals surface area contributed by atoms with Crippen LogP contribution in [-0.2, 0) is 9.59 Å². The summed E-state index contributed by atoms with van der Waals surface area (Å²) in [4.78, 5) is 26.0. The van der Waals surface area contributed by atoms with E-state index in [-0.39, 0.29) is 40.9 Å². The van der Waals surface area contributed by atoms with Crippen molar-refractivity contribution < 1.29 is 9.59 Å². The quantitative estimate of drug-likeness (QED) is 0.491. The number of hydrogen-bond acceptors (Lipinski definition) is 3. The van der Waals surface area contributed by atoms with Crippen LogP contribution in [0.15, 0.2) is 40.9 Å².